The summed E-state index contributed by atoms with van der Waals surface area (Å²) in [5, 5.41) is 1.83. The fourth-order valence-corrected chi connectivity index (χ4v) is 2.64. The maximum Gasteiger partial charge on any atom is 0.256 e. The van der Waals surface area contributed by atoms with Gasteiger partial charge in [0.2, 0.25) is 0 Å². The molecule has 0 saturated carbocycles. The van der Waals surface area contributed by atoms with Gasteiger partial charge in [-0.15, -0.1) is 0 Å². The minimum absolute atomic E-state index is 0.0416. The van der Waals surface area contributed by atoms with Crippen molar-refractivity contribution in [1.29, 1.82) is 0 Å². The molecule has 0 saturated heterocycles. The Morgan fingerprint density at radius 1 is 1.24 bits per heavy atom. The van der Waals surface area contributed by atoms with Crippen LogP contribution in [0.1, 0.15) is 21.6 Å². The van der Waals surface area contributed by atoms with Crippen molar-refractivity contribution in [3.05, 3.63) is 46.7 Å². The summed E-state index contributed by atoms with van der Waals surface area (Å²) < 4.78 is 4.20. The fourth-order valence-electron chi connectivity index (χ4n) is 1.95. The third-order valence-electron chi connectivity index (χ3n) is 3.21. The summed E-state index contributed by atoms with van der Waals surface area (Å²) in [7, 11) is 4.01. The zero-order valence-electron chi connectivity index (χ0n) is 12.6. The van der Waals surface area contributed by atoms with E-state index in [-0.39, 0.29) is 5.91 Å². The smallest absolute Gasteiger partial charge is 0.256 e. The largest absolute Gasteiger partial charge is 0.333 e. The predicted molar refractivity (Wildman–Crippen MR) is 84.4 cm³/mol. The van der Waals surface area contributed by atoms with E-state index < -0.39 is 0 Å². The van der Waals surface area contributed by atoms with Crippen molar-refractivity contribution in [2.24, 2.45) is 0 Å². The van der Waals surface area contributed by atoms with Gasteiger partial charge in [-0.1, -0.05) is 0 Å². The summed E-state index contributed by atoms with van der Waals surface area (Å²) in [5.41, 5.74) is 2.58. The lowest BCUT2D eigenvalue weighted by atomic mass is 10.2. The van der Waals surface area contributed by atoms with Gasteiger partial charge in [0.05, 0.1) is 11.3 Å². The summed E-state index contributed by atoms with van der Waals surface area (Å²) in [5.74, 6) is 0.0416. The summed E-state index contributed by atoms with van der Waals surface area (Å²) in [6.07, 6.45) is 3.50. The van der Waals surface area contributed by atoms with Crippen LogP contribution in [0.4, 0.5) is 0 Å². The molecule has 0 aromatic carbocycles. The highest BCUT2D eigenvalue weighted by atomic mass is 32.1. The van der Waals surface area contributed by atoms with E-state index in [9.17, 15) is 4.79 Å². The summed E-state index contributed by atoms with van der Waals surface area (Å²) in [4.78, 5) is 20.7. The molecule has 5 nitrogen and oxygen atoms in total. The quantitative estimate of drug-likeness (QED) is 0.819. The summed E-state index contributed by atoms with van der Waals surface area (Å²) >= 11 is 1.32. The molecule has 2 aromatic rings. The second-order valence-electron chi connectivity index (χ2n) is 5.20. The van der Waals surface area contributed by atoms with E-state index in [0.717, 1.165) is 17.8 Å². The third-order valence-corrected chi connectivity index (χ3v) is 3.93. The molecule has 2 aromatic heterocycles. The lowest BCUT2D eigenvalue weighted by Gasteiger charge is -2.24. The van der Waals surface area contributed by atoms with Crippen LogP contribution < -0.4 is 0 Å². The van der Waals surface area contributed by atoms with Gasteiger partial charge in [-0.3, -0.25) is 9.78 Å². The molecule has 2 heterocycles. The van der Waals surface area contributed by atoms with Gasteiger partial charge in [0.15, 0.2) is 0 Å². The maximum absolute atomic E-state index is 12.7. The molecule has 6 heteroatoms. The Hall–Kier alpha value is -1.79. The normalized spacial score (nSPS) is 10.9. The molecule has 0 fully saturated rings. The first-order chi connectivity index (χ1) is 10.1. The number of rotatable bonds is 6. The van der Waals surface area contributed by atoms with Gasteiger partial charge in [-0.25, -0.2) is 0 Å². The minimum atomic E-state index is 0.0416. The summed E-state index contributed by atoms with van der Waals surface area (Å²) in [6.45, 7) is 3.97. The van der Waals surface area contributed by atoms with E-state index in [1.807, 2.05) is 43.4 Å². The van der Waals surface area contributed by atoms with Crippen molar-refractivity contribution in [3.63, 3.8) is 0 Å². The molecule has 2 rings (SSSR count). The Kier molecular flexibility index (Phi) is 5.41. The van der Waals surface area contributed by atoms with Crippen molar-refractivity contribution in [1.82, 2.24) is 19.2 Å². The maximum atomic E-state index is 12.7. The lowest BCUT2D eigenvalue weighted by Crippen LogP contribution is -2.36. The van der Waals surface area contributed by atoms with E-state index in [4.69, 9.17) is 0 Å². The number of aryl methyl sites for hydroxylation is 1. The standard InChI is InChI=1S/C15H20N4OS/c1-12-14(11-21-17-12)15(20)19(9-8-18(2)3)10-13-4-6-16-7-5-13/h4-7,11H,8-10H2,1-3H3. The Bertz CT molecular complexity index is 582. The van der Waals surface area contributed by atoms with Crippen LogP contribution >= 0.6 is 11.5 Å². The third kappa shape index (κ3) is 4.34. The number of hydrogen-bond acceptors (Lipinski definition) is 5. The molecule has 1 amide bonds. The van der Waals surface area contributed by atoms with Crippen molar-refractivity contribution in [2.45, 2.75) is 13.5 Å². The van der Waals surface area contributed by atoms with Crippen molar-refractivity contribution in [3.8, 4) is 0 Å². The first kappa shape index (κ1) is 15.6. The molecular formula is C15H20N4OS. The molecule has 0 bridgehead atoms. The van der Waals surface area contributed by atoms with Crippen LogP contribution in [0.5, 0.6) is 0 Å². The molecule has 0 aliphatic heterocycles. The van der Waals surface area contributed by atoms with E-state index in [1.54, 1.807) is 12.4 Å². The van der Waals surface area contributed by atoms with Crippen LogP contribution in [-0.2, 0) is 6.54 Å². The Morgan fingerprint density at radius 3 is 2.52 bits per heavy atom. The van der Waals surface area contributed by atoms with Gasteiger partial charge < -0.3 is 9.80 Å². The second kappa shape index (κ2) is 7.28. The van der Waals surface area contributed by atoms with E-state index in [0.29, 0.717) is 18.7 Å². The van der Waals surface area contributed by atoms with Gasteiger partial charge in [-0.05, 0) is 50.2 Å². The van der Waals surface area contributed by atoms with Gasteiger partial charge in [0.1, 0.15) is 0 Å². The molecule has 0 aliphatic rings. The van der Waals surface area contributed by atoms with E-state index >= 15 is 0 Å². The van der Waals surface area contributed by atoms with Crippen LogP contribution in [0.25, 0.3) is 0 Å². The number of hydrogen-bond donors (Lipinski definition) is 0. The first-order valence-corrected chi connectivity index (χ1v) is 7.65. The fraction of sp³-hybridized carbons (Fsp3) is 0.400. The highest BCUT2D eigenvalue weighted by Gasteiger charge is 2.19. The monoisotopic (exact) mass is 304 g/mol. The molecule has 0 radical (unpaired) electrons. The Labute approximate surface area is 129 Å². The van der Waals surface area contributed by atoms with Gasteiger partial charge >= 0.3 is 0 Å². The SMILES string of the molecule is Cc1nscc1C(=O)N(CCN(C)C)Cc1ccncc1. The highest BCUT2D eigenvalue weighted by Crippen LogP contribution is 2.14. The van der Waals surface area contributed by atoms with Crippen molar-refractivity contribution in [2.75, 3.05) is 27.2 Å². The number of nitrogens with zero attached hydrogens (tertiary/aromatic N) is 4. The zero-order valence-corrected chi connectivity index (χ0v) is 13.4. The average molecular weight is 304 g/mol. The predicted octanol–water partition coefficient (Wildman–Crippen LogP) is 2.05. The van der Waals surface area contributed by atoms with E-state index in [1.165, 1.54) is 11.5 Å². The van der Waals surface area contributed by atoms with Crippen LogP contribution in [0.3, 0.4) is 0 Å². The molecule has 0 spiro atoms. The average Bonchev–Trinajstić information content (AvgIpc) is 2.90. The number of carbonyl (C=O) groups excluding carboxylic acids is 1. The number of aromatic nitrogens is 2. The Balaban J connectivity index is 2.15. The van der Waals surface area contributed by atoms with Gasteiger partial charge in [0, 0.05) is 37.4 Å². The van der Waals surface area contributed by atoms with Gasteiger partial charge in [-0.2, -0.15) is 4.37 Å². The molecular weight excluding hydrogens is 284 g/mol. The highest BCUT2D eigenvalue weighted by molar-refractivity contribution is 7.03. The molecule has 0 atom stereocenters. The molecule has 0 aliphatic carbocycles. The van der Waals surface area contributed by atoms with Crippen LogP contribution in [0, 0.1) is 6.92 Å². The Morgan fingerprint density at radius 2 is 1.95 bits per heavy atom. The van der Waals surface area contributed by atoms with Gasteiger partial charge in [0.25, 0.3) is 5.91 Å². The molecule has 0 N–H and O–H groups in total. The van der Waals surface area contributed by atoms with Crippen LogP contribution in [0.2, 0.25) is 0 Å². The van der Waals surface area contributed by atoms with E-state index in [2.05, 4.69) is 14.3 Å². The molecule has 112 valence electrons. The van der Waals surface area contributed by atoms with Crippen molar-refractivity contribution >= 4 is 17.4 Å². The van der Waals surface area contributed by atoms with Crippen LogP contribution in [-0.4, -0.2) is 52.2 Å². The summed E-state index contributed by atoms with van der Waals surface area (Å²) in [6, 6.07) is 3.88. The number of carbonyl (C=O) groups is 1. The number of pyridine rings is 1. The number of amides is 1. The van der Waals surface area contributed by atoms with Crippen molar-refractivity contribution < 1.29 is 4.79 Å². The topological polar surface area (TPSA) is 49.3 Å². The lowest BCUT2D eigenvalue weighted by molar-refractivity contribution is 0.0731. The number of likely N-dealkylation sites (N-methyl/N-ethyl adjacent to an activating group) is 1. The molecule has 21 heavy (non-hydrogen) atoms. The second-order valence-corrected chi connectivity index (χ2v) is 5.83. The minimum Gasteiger partial charge on any atom is -0.333 e. The molecule has 0 unspecified atom stereocenters. The zero-order chi connectivity index (χ0) is 15.2. The first-order valence-electron chi connectivity index (χ1n) is 6.82. The van der Waals surface area contributed by atoms with Crippen LogP contribution in [0.15, 0.2) is 29.9 Å².